The lowest BCUT2D eigenvalue weighted by atomic mass is 9.37. The van der Waals surface area contributed by atoms with E-state index in [9.17, 15) is 9.90 Å². The fourth-order valence-electron chi connectivity index (χ4n) is 10.4. The van der Waals surface area contributed by atoms with Gasteiger partial charge in [0.05, 0.1) is 18.8 Å². The maximum absolute atomic E-state index is 13.3. The maximum Gasteiger partial charge on any atom is 0.171 e. The Hall–Kier alpha value is -1.23. The first kappa shape index (κ1) is 24.8. The Morgan fingerprint density at radius 1 is 1.03 bits per heavy atom. The molecule has 4 nitrogen and oxygen atoms in total. The summed E-state index contributed by atoms with van der Waals surface area (Å²) in [5.74, 6) is 2.10. The minimum absolute atomic E-state index is 0.0195. The van der Waals surface area contributed by atoms with Crippen LogP contribution in [-0.2, 0) is 20.7 Å². The normalized spacial score (nSPS) is 45.2. The highest BCUT2D eigenvalue weighted by Crippen LogP contribution is 2.73. The summed E-state index contributed by atoms with van der Waals surface area (Å²) in [5, 5.41) is 12.8. The van der Waals surface area contributed by atoms with Crippen LogP contribution in [0.25, 0.3) is 0 Å². The summed E-state index contributed by atoms with van der Waals surface area (Å²) in [4.78, 5) is 13.3. The summed E-state index contributed by atoms with van der Waals surface area (Å²) in [5.41, 5.74) is 3.14. The Morgan fingerprint density at radius 3 is 2.51 bits per heavy atom. The van der Waals surface area contributed by atoms with Gasteiger partial charge in [0, 0.05) is 35.5 Å². The van der Waals surface area contributed by atoms with Crippen molar-refractivity contribution in [2.45, 2.75) is 116 Å². The van der Waals surface area contributed by atoms with Crippen molar-refractivity contribution in [3.8, 4) is 0 Å². The van der Waals surface area contributed by atoms with E-state index in [1.807, 2.05) is 0 Å². The van der Waals surface area contributed by atoms with Crippen LogP contribution in [0.1, 0.15) is 115 Å². The molecule has 5 aliphatic carbocycles. The molecule has 0 aromatic heterocycles. The van der Waals surface area contributed by atoms with Crippen molar-refractivity contribution in [3.63, 3.8) is 0 Å². The lowest BCUT2D eigenvalue weighted by molar-refractivity contribution is -0.357. The molecule has 37 heavy (non-hydrogen) atoms. The predicted octanol–water partition coefficient (Wildman–Crippen LogP) is 6.54. The first-order valence-corrected chi connectivity index (χ1v) is 15.1. The topological polar surface area (TPSA) is 55.8 Å². The zero-order chi connectivity index (χ0) is 26.0. The number of aliphatic hydroxyl groups is 1. The number of carbonyl (C=O) groups is 1. The van der Waals surface area contributed by atoms with Gasteiger partial charge in [-0.15, -0.1) is 0 Å². The second-order valence-corrected chi connectivity index (χ2v) is 15.3. The summed E-state index contributed by atoms with van der Waals surface area (Å²) in [6, 6.07) is 7.17. The van der Waals surface area contributed by atoms with E-state index in [0.29, 0.717) is 55.0 Å². The van der Waals surface area contributed by atoms with Gasteiger partial charge < -0.3 is 14.6 Å². The number of carbonyl (C=O) groups excluding carboxylic acids is 1. The zero-order valence-electron chi connectivity index (χ0n) is 23.6. The standard InChI is InChI=1S/C33H46O4/c1-20(2)21-6-7-23-22(14-21)15-31-12-13-33(36-18-29(3,4)19-37-33)17-32(31,35)11-10-24-26-8-9-27(34)30(26,5)16-25(23)28(24)31/h6-7,14,20,24-26,28,35H,8-13,15-19H2,1-5H3/t24-,25?,26-,28?,30-,31-,32+/m0/s1. The Labute approximate surface area is 222 Å². The molecular weight excluding hydrogens is 460 g/mol. The third-order valence-electron chi connectivity index (χ3n) is 12.4. The van der Waals surface area contributed by atoms with Gasteiger partial charge in [0.25, 0.3) is 0 Å². The second kappa shape index (κ2) is 7.70. The van der Waals surface area contributed by atoms with Crippen molar-refractivity contribution >= 4 is 5.78 Å². The third-order valence-corrected chi connectivity index (χ3v) is 12.4. The average Bonchev–Trinajstić information content (AvgIpc) is 3.15. The fraction of sp³-hybridized carbons (Fsp3) is 0.788. The molecule has 5 fully saturated rings. The number of fused-ring (bicyclic) bond motifs is 4. The molecule has 0 amide bonds. The molecule has 1 N–H and O–H groups in total. The highest BCUT2D eigenvalue weighted by molar-refractivity contribution is 5.87. The Kier molecular flexibility index (Phi) is 5.16. The number of hydrogen-bond donors (Lipinski definition) is 1. The molecule has 0 radical (unpaired) electrons. The van der Waals surface area contributed by atoms with Crippen molar-refractivity contribution < 1.29 is 19.4 Å². The van der Waals surface area contributed by atoms with Crippen LogP contribution in [0, 0.1) is 34.0 Å². The predicted molar refractivity (Wildman–Crippen MR) is 143 cm³/mol. The maximum atomic E-state index is 13.3. The van der Waals surface area contributed by atoms with Crippen molar-refractivity contribution in [2.24, 2.45) is 34.0 Å². The van der Waals surface area contributed by atoms with Crippen molar-refractivity contribution in [2.75, 3.05) is 13.2 Å². The minimum Gasteiger partial charge on any atom is -0.389 e. The summed E-state index contributed by atoms with van der Waals surface area (Å²) in [6.07, 6.45) is 7.92. The van der Waals surface area contributed by atoms with Crippen LogP contribution in [-0.4, -0.2) is 35.5 Å². The average molecular weight is 507 g/mol. The van der Waals surface area contributed by atoms with E-state index in [4.69, 9.17) is 9.47 Å². The van der Waals surface area contributed by atoms with Crippen LogP contribution in [0.4, 0.5) is 0 Å². The van der Waals surface area contributed by atoms with E-state index in [1.165, 1.54) is 16.7 Å². The molecule has 1 aliphatic heterocycles. The molecule has 1 aromatic rings. The first-order chi connectivity index (χ1) is 17.4. The molecule has 4 saturated carbocycles. The van der Waals surface area contributed by atoms with Gasteiger partial charge in [-0.05, 0) is 84.8 Å². The van der Waals surface area contributed by atoms with Crippen molar-refractivity contribution in [3.05, 3.63) is 34.9 Å². The fourth-order valence-corrected chi connectivity index (χ4v) is 10.4. The number of hydrogen-bond acceptors (Lipinski definition) is 4. The van der Waals surface area contributed by atoms with Gasteiger partial charge in [-0.25, -0.2) is 0 Å². The van der Waals surface area contributed by atoms with Crippen LogP contribution in [0.15, 0.2) is 18.2 Å². The monoisotopic (exact) mass is 506 g/mol. The van der Waals surface area contributed by atoms with E-state index in [0.717, 1.165) is 51.4 Å². The molecule has 1 aromatic carbocycles. The molecule has 1 saturated heterocycles. The Morgan fingerprint density at radius 2 is 1.78 bits per heavy atom. The van der Waals surface area contributed by atoms with Crippen LogP contribution < -0.4 is 0 Å². The lowest BCUT2D eigenvalue weighted by Crippen LogP contribution is -2.70. The Balaban J connectivity index is 1.35. The molecule has 6 aliphatic rings. The summed E-state index contributed by atoms with van der Waals surface area (Å²) in [7, 11) is 0. The van der Waals surface area contributed by atoms with E-state index in [1.54, 1.807) is 0 Å². The number of benzene rings is 1. The molecule has 2 spiro atoms. The van der Waals surface area contributed by atoms with Gasteiger partial charge >= 0.3 is 0 Å². The van der Waals surface area contributed by atoms with E-state index >= 15 is 0 Å². The van der Waals surface area contributed by atoms with Crippen LogP contribution in [0.5, 0.6) is 0 Å². The molecule has 7 atom stereocenters. The van der Waals surface area contributed by atoms with E-state index in [2.05, 4.69) is 52.8 Å². The van der Waals surface area contributed by atoms with Crippen molar-refractivity contribution in [1.29, 1.82) is 0 Å². The SMILES string of the molecule is CC(C)c1ccc2c(c1)C[C@]13CCC4(C[C@]1(O)CC[C@@H]1C3C2C[C@]2(C)C(=O)CC[C@@H]12)OCC(C)(C)CO4. The molecule has 0 bridgehead atoms. The summed E-state index contributed by atoms with van der Waals surface area (Å²) < 4.78 is 13.0. The molecular formula is C33H46O4. The van der Waals surface area contributed by atoms with Crippen molar-refractivity contribution in [1.82, 2.24) is 0 Å². The van der Waals surface area contributed by atoms with Gasteiger partial charge in [0.2, 0.25) is 0 Å². The number of ketones is 1. The number of ether oxygens (including phenoxy) is 2. The van der Waals surface area contributed by atoms with E-state index in [-0.39, 0.29) is 16.2 Å². The molecule has 1 heterocycles. The van der Waals surface area contributed by atoms with Gasteiger partial charge in [-0.3, -0.25) is 4.79 Å². The summed E-state index contributed by atoms with van der Waals surface area (Å²) >= 11 is 0. The summed E-state index contributed by atoms with van der Waals surface area (Å²) in [6.45, 7) is 12.6. The minimum atomic E-state index is -0.798. The van der Waals surface area contributed by atoms with Gasteiger partial charge in [0.1, 0.15) is 5.78 Å². The lowest BCUT2D eigenvalue weighted by Gasteiger charge is -2.69. The second-order valence-electron chi connectivity index (χ2n) is 15.3. The molecule has 2 unspecified atom stereocenters. The van der Waals surface area contributed by atoms with Crippen LogP contribution in [0.2, 0.25) is 0 Å². The largest absolute Gasteiger partial charge is 0.389 e. The first-order valence-electron chi connectivity index (χ1n) is 15.1. The molecule has 202 valence electrons. The van der Waals surface area contributed by atoms with Gasteiger partial charge in [-0.2, -0.15) is 0 Å². The number of Topliss-reactive ketones (excluding diaryl/α,β-unsaturated/α-hetero) is 1. The van der Waals surface area contributed by atoms with Gasteiger partial charge in [0.15, 0.2) is 5.79 Å². The highest BCUT2D eigenvalue weighted by Gasteiger charge is 2.72. The zero-order valence-corrected chi connectivity index (χ0v) is 23.6. The quantitative estimate of drug-likeness (QED) is 0.470. The van der Waals surface area contributed by atoms with Crippen LogP contribution >= 0.6 is 0 Å². The third kappa shape index (κ3) is 3.28. The molecule has 4 heteroatoms. The highest BCUT2D eigenvalue weighted by atomic mass is 16.7. The number of rotatable bonds is 1. The smallest absolute Gasteiger partial charge is 0.171 e. The van der Waals surface area contributed by atoms with E-state index < -0.39 is 11.4 Å². The van der Waals surface area contributed by atoms with Crippen LogP contribution in [0.3, 0.4) is 0 Å². The molecule has 7 rings (SSSR count). The van der Waals surface area contributed by atoms with Gasteiger partial charge in [-0.1, -0.05) is 52.8 Å². The Bertz CT molecular complexity index is 1130.